The van der Waals surface area contributed by atoms with Gasteiger partial charge in [0.2, 0.25) is 0 Å². The van der Waals surface area contributed by atoms with Gasteiger partial charge in [0.15, 0.2) is 0 Å². The summed E-state index contributed by atoms with van der Waals surface area (Å²) in [6, 6.07) is 7.32. The lowest BCUT2D eigenvalue weighted by Crippen LogP contribution is -2.40. The molecule has 0 fully saturated rings. The maximum absolute atomic E-state index is 11.7. The van der Waals surface area contributed by atoms with Gasteiger partial charge in [0.25, 0.3) is 0 Å². The Balaban J connectivity index is 2.61. The van der Waals surface area contributed by atoms with E-state index in [1.54, 1.807) is 27.7 Å². The summed E-state index contributed by atoms with van der Waals surface area (Å²) >= 11 is 0. The average Bonchev–Trinajstić information content (AvgIpc) is 2.35. The van der Waals surface area contributed by atoms with Crippen LogP contribution < -0.4 is 5.32 Å². The standard InChI is InChI=1S/C16H25NO3/c1-6-12-7-9-13(10-8-12)14(18)11(2)17-15(19)20-16(3,4)5/h7-11,14,18H,6H2,1-5H3,(H,17,19)/t11?,14-/m0/s1. The van der Waals surface area contributed by atoms with Crippen LogP contribution >= 0.6 is 0 Å². The van der Waals surface area contributed by atoms with Crippen LogP contribution in [0.3, 0.4) is 0 Å². The summed E-state index contributed by atoms with van der Waals surface area (Å²) in [5.41, 5.74) is 1.46. The zero-order valence-electron chi connectivity index (χ0n) is 12.9. The summed E-state index contributed by atoms with van der Waals surface area (Å²) in [6.07, 6.45) is -0.315. The molecule has 0 spiro atoms. The molecular weight excluding hydrogens is 254 g/mol. The Hall–Kier alpha value is -1.55. The number of ether oxygens (including phenoxy) is 1. The molecule has 0 aliphatic carbocycles. The van der Waals surface area contributed by atoms with Crippen molar-refractivity contribution in [3.8, 4) is 0 Å². The van der Waals surface area contributed by atoms with Crippen LogP contribution in [-0.4, -0.2) is 22.8 Å². The third-order valence-corrected chi connectivity index (χ3v) is 2.95. The van der Waals surface area contributed by atoms with Crippen LogP contribution in [-0.2, 0) is 11.2 Å². The first kappa shape index (κ1) is 16.5. The van der Waals surface area contributed by atoms with Crippen LogP contribution in [0, 0.1) is 0 Å². The molecule has 4 nitrogen and oxygen atoms in total. The van der Waals surface area contributed by atoms with Gasteiger partial charge >= 0.3 is 6.09 Å². The number of alkyl carbamates (subject to hydrolysis) is 1. The predicted molar refractivity (Wildman–Crippen MR) is 79.6 cm³/mol. The zero-order chi connectivity index (χ0) is 15.3. The van der Waals surface area contributed by atoms with Crippen molar-refractivity contribution in [3.05, 3.63) is 35.4 Å². The minimum absolute atomic E-state index is 0.419. The second-order valence-electron chi connectivity index (χ2n) is 5.97. The number of hydrogen-bond acceptors (Lipinski definition) is 3. The van der Waals surface area contributed by atoms with Gasteiger partial charge in [-0.2, -0.15) is 0 Å². The SMILES string of the molecule is CCc1ccc([C@@H](O)C(C)NC(=O)OC(C)(C)C)cc1. The Morgan fingerprint density at radius 3 is 2.30 bits per heavy atom. The van der Waals surface area contributed by atoms with E-state index in [1.165, 1.54) is 5.56 Å². The van der Waals surface area contributed by atoms with Crippen LogP contribution in [0.15, 0.2) is 24.3 Å². The van der Waals surface area contributed by atoms with Gasteiger partial charge in [-0.15, -0.1) is 0 Å². The van der Waals surface area contributed by atoms with Crippen LogP contribution in [0.2, 0.25) is 0 Å². The molecule has 2 atom stereocenters. The molecule has 1 aromatic rings. The molecule has 2 N–H and O–H groups in total. The molecule has 20 heavy (non-hydrogen) atoms. The molecule has 112 valence electrons. The number of amides is 1. The first-order valence-corrected chi connectivity index (χ1v) is 6.99. The third-order valence-electron chi connectivity index (χ3n) is 2.95. The normalized spacial score (nSPS) is 14.5. The Kier molecular flexibility index (Phi) is 5.57. The highest BCUT2D eigenvalue weighted by Crippen LogP contribution is 2.18. The number of hydrogen-bond donors (Lipinski definition) is 2. The quantitative estimate of drug-likeness (QED) is 0.890. The third kappa shape index (κ3) is 5.21. The molecule has 0 saturated heterocycles. The molecule has 0 radical (unpaired) electrons. The number of benzene rings is 1. The first-order valence-electron chi connectivity index (χ1n) is 6.99. The van der Waals surface area contributed by atoms with Gasteiger partial charge in [0, 0.05) is 0 Å². The molecule has 0 aromatic heterocycles. The Morgan fingerprint density at radius 2 is 1.85 bits per heavy atom. The molecule has 0 heterocycles. The molecular formula is C16H25NO3. The van der Waals surface area contributed by atoms with Gasteiger partial charge in [-0.05, 0) is 45.2 Å². The second kappa shape index (κ2) is 6.75. The topological polar surface area (TPSA) is 58.6 Å². The van der Waals surface area contributed by atoms with Gasteiger partial charge in [-0.3, -0.25) is 0 Å². The van der Waals surface area contributed by atoms with Crippen molar-refractivity contribution in [2.45, 2.75) is 58.8 Å². The second-order valence-corrected chi connectivity index (χ2v) is 5.97. The molecule has 0 saturated carbocycles. The summed E-state index contributed by atoms with van der Waals surface area (Å²) in [6.45, 7) is 9.24. The maximum Gasteiger partial charge on any atom is 0.407 e. The Morgan fingerprint density at radius 1 is 1.30 bits per heavy atom. The van der Waals surface area contributed by atoms with Crippen molar-refractivity contribution in [2.24, 2.45) is 0 Å². The van der Waals surface area contributed by atoms with Crippen molar-refractivity contribution in [3.63, 3.8) is 0 Å². The minimum atomic E-state index is -0.756. The van der Waals surface area contributed by atoms with E-state index in [0.29, 0.717) is 0 Å². The molecule has 1 amide bonds. The van der Waals surface area contributed by atoms with E-state index in [2.05, 4.69) is 12.2 Å². The summed E-state index contributed by atoms with van der Waals surface area (Å²) < 4.78 is 5.17. The van der Waals surface area contributed by atoms with E-state index in [4.69, 9.17) is 4.74 Å². The van der Waals surface area contributed by atoms with Crippen LogP contribution in [0.1, 0.15) is 51.8 Å². The Bertz CT molecular complexity index is 434. The van der Waals surface area contributed by atoms with Gasteiger partial charge < -0.3 is 15.2 Å². The Labute approximate surface area is 121 Å². The van der Waals surface area contributed by atoms with Crippen molar-refractivity contribution in [1.82, 2.24) is 5.32 Å². The number of carbonyl (C=O) groups excluding carboxylic acids is 1. The number of rotatable bonds is 4. The summed E-state index contributed by atoms with van der Waals surface area (Å²) in [5, 5.41) is 12.9. The molecule has 4 heteroatoms. The fraction of sp³-hybridized carbons (Fsp3) is 0.562. The zero-order valence-corrected chi connectivity index (χ0v) is 12.9. The van der Waals surface area contributed by atoms with Gasteiger partial charge in [-0.1, -0.05) is 31.2 Å². The molecule has 0 aliphatic heterocycles. The molecule has 0 bridgehead atoms. The van der Waals surface area contributed by atoms with E-state index in [-0.39, 0.29) is 0 Å². The fourth-order valence-corrected chi connectivity index (χ4v) is 1.81. The number of carbonyl (C=O) groups is 1. The highest BCUT2D eigenvalue weighted by molar-refractivity contribution is 5.68. The van der Waals surface area contributed by atoms with E-state index < -0.39 is 23.8 Å². The van der Waals surface area contributed by atoms with Crippen molar-refractivity contribution >= 4 is 6.09 Å². The first-order chi connectivity index (χ1) is 9.23. The fourth-order valence-electron chi connectivity index (χ4n) is 1.81. The lowest BCUT2D eigenvalue weighted by atomic mass is 10.0. The summed E-state index contributed by atoms with van der Waals surface area (Å²) in [5.74, 6) is 0. The predicted octanol–water partition coefficient (Wildman–Crippen LogP) is 3.20. The molecule has 1 unspecified atom stereocenters. The highest BCUT2D eigenvalue weighted by Gasteiger charge is 2.22. The van der Waals surface area contributed by atoms with Crippen LogP contribution in [0.4, 0.5) is 4.79 Å². The van der Waals surface area contributed by atoms with Gasteiger partial charge in [0.1, 0.15) is 5.60 Å². The molecule has 0 aliphatic rings. The van der Waals surface area contributed by atoms with Crippen molar-refractivity contribution in [2.75, 3.05) is 0 Å². The summed E-state index contributed by atoms with van der Waals surface area (Å²) in [7, 11) is 0. The monoisotopic (exact) mass is 279 g/mol. The largest absolute Gasteiger partial charge is 0.444 e. The lowest BCUT2D eigenvalue weighted by molar-refractivity contribution is 0.0436. The number of aryl methyl sites for hydroxylation is 1. The highest BCUT2D eigenvalue weighted by atomic mass is 16.6. The number of aliphatic hydroxyl groups excluding tert-OH is 1. The average molecular weight is 279 g/mol. The van der Waals surface area contributed by atoms with E-state index in [0.717, 1.165) is 12.0 Å². The number of aliphatic hydroxyl groups is 1. The summed E-state index contributed by atoms with van der Waals surface area (Å²) in [4.78, 5) is 11.7. The molecule has 1 rings (SSSR count). The lowest BCUT2D eigenvalue weighted by Gasteiger charge is -2.24. The minimum Gasteiger partial charge on any atom is -0.444 e. The van der Waals surface area contributed by atoms with Crippen molar-refractivity contribution < 1.29 is 14.6 Å². The van der Waals surface area contributed by atoms with Crippen LogP contribution in [0.5, 0.6) is 0 Å². The number of nitrogens with one attached hydrogen (secondary N) is 1. The van der Waals surface area contributed by atoms with E-state index in [1.807, 2.05) is 24.3 Å². The van der Waals surface area contributed by atoms with E-state index in [9.17, 15) is 9.90 Å². The maximum atomic E-state index is 11.7. The molecule has 1 aromatic carbocycles. The van der Waals surface area contributed by atoms with Crippen molar-refractivity contribution in [1.29, 1.82) is 0 Å². The van der Waals surface area contributed by atoms with E-state index >= 15 is 0 Å². The van der Waals surface area contributed by atoms with Gasteiger partial charge in [0.05, 0.1) is 12.1 Å². The van der Waals surface area contributed by atoms with Crippen LogP contribution in [0.25, 0.3) is 0 Å². The van der Waals surface area contributed by atoms with Gasteiger partial charge in [-0.25, -0.2) is 4.79 Å². The smallest absolute Gasteiger partial charge is 0.407 e.